The quantitative estimate of drug-likeness (QED) is 0.693. The summed E-state index contributed by atoms with van der Waals surface area (Å²) < 4.78 is 0. The largest absolute Gasteiger partial charge is 0.479 e. The Balaban J connectivity index is 1.65. The van der Waals surface area contributed by atoms with Crippen molar-refractivity contribution in [2.24, 2.45) is 0 Å². The average Bonchev–Trinajstić information content (AvgIpc) is 3.16. The Hall–Kier alpha value is -3.08. The fraction of sp³-hybridized carbons (Fsp3) is 0.158. The summed E-state index contributed by atoms with van der Waals surface area (Å²) in [5, 5.41) is 13.4. The van der Waals surface area contributed by atoms with Gasteiger partial charge in [0.25, 0.3) is 5.91 Å². The van der Waals surface area contributed by atoms with E-state index in [1.165, 1.54) is 0 Å². The Morgan fingerprint density at radius 2 is 1.62 bits per heavy atom. The number of para-hydroxylation sites is 1. The fourth-order valence-electron chi connectivity index (χ4n) is 3.39. The third-order valence-electron chi connectivity index (χ3n) is 4.64. The van der Waals surface area contributed by atoms with E-state index < -0.39 is 17.4 Å². The highest BCUT2D eigenvalue weighted by Gasteiger charge is 2.45. The molecule has 3 aromatic rings. The van der Waals surface area contributed by atoms with Gasteiger partial charge in [-0.15, -0.1) is 0 Å². The maximum atomic E-state index is 12.6. The molecule has 1 aromatic heterocycles. The maximum Gasteiger partial charge on any atom is 0.330 e. The molecule has 5 nitrogen and oxygen atoms in total. The van der Waals surface area contributed by atoms with Gasteiger partial charge in [0.1, 0.15) is 11.2 Å². The van der Waals surface area contributed by atoms with Crippen LogP contribution in [0.15, 0.2) is 54.6 Å². The third kappa shape index (κ3) is 2.25. The van der Waals surface area contributed by atoms with Crippen molar-refractivity contribution >= 4 is 22.8 Å². The first-order valence-electron chi connectivity index (χ1n) is 7.78. The average molecular weight is 320 g/mol. The number of rotatable bonds is 3. The lowest BCUT2D eigenvalue weighted by atomic mass is 9.95. The van der Waals surface area contributed by atoms with Gasteiger partial charge in [0, 0.05) is 23.7 Å². The van der Waals surface area contributed by atoms with Gasteiger partial charge in [0.15, 0.2) is 0 Å². The number of carbonyl (C=O) groups excluding carboxylic acids is 1. The van der Waals surface area contributed by atoms with Crippen molar-refractivity contribution in [1.82, 2.24) is 10.3 Å². The maximum absolute atomic E-state index is 12.6. The summed E-state index contributed by atoms with van der Waals surface area (Å²) in [6, 6.07) is 16.9. The summed E-state index contributed by atoms with van der Waals surface area (Å²) in [5.41, 5.74) is 1.86. The van der Waals surface area contributed by atoms with Crippen molar-refractivity contribution in [1.29, 1.82) is 0 Å². The smallest absolute Gasteiger partial charge is 0.330 e. The highest BCUT2D eigenvalue weighted by atomic mass is 16.4. The molecule has 3 N–H and O–H groups in total. The normalized spacial score (nSPS) is 15.2. The van der Waals surface area contributed by atoms with Gasteiger partial charge in [0.2, 0.25) is 0 Å². The fourth-order valence-corrected chi connectivity index (χ4v) is 3.39. The van der Waals surface area contributed by atoms with Crippen LogP contribution in [0.5, 0.6) is 0 Å². The first-order valence-corrected chi connectivity index (χ1v) is 7.78. The first kappa shape index (κ1) is 14.5. The second kappa shape index (κ2) is 5.23. The predicted molar refractivity (Wildman–Crippen MR) is 90.0 cm³/mol. The minimum Gasteiger partial charge on any atom is -0.479 e. The van der Waals surface area contributed by atoms with Gasteiger partial charge in [-0.2, -0.15) is 0 Å². The molecule has 120 valence electrons. The van der Waals surface area contributed by atoms with E-state index in [0.29, 0.717) is 18.5 Å². The van der Waals surface area contributed by atoms with E-state index >= 15 is 0 Å². The standard InChI is InChI=1S/C19H16N2O3/c22-17(16-9-12-5-3-4-8-15(12)20-16)21-19(18(23)24)10-13-6-1-2-7-14(13)11-19/h1-9,20H,10-11H2,(H,21,22)(H,23,24). The number of aromatic amines is 1. The summed E-state index contributed by atoms with van der Waals surface area (Å²) in [6.07, 6.45) is 0.592. The van der Waals surface area contributed by atoms with Crippen molar-refractivity contribution in [3.05, 3.63) is 71.4 Å². The molecule has 24 heavy (non-hydrogen) atoms. The van der Waals surface area contributed by atoms with Crippen LogP contribution in [0.3, 0.4) is 0 Å². The summed E-state index contributed by atoms with van der Waals surface area (Å²) in [7, 11) is 0. The molecular formula is C19H16N2O3. The molecule has 5 heteroatoms. The summed E-state index contributed by atoms with van der Waals surface area (Å²) >= 11 is 0. The van der Waals surface area contributed by atoms with Crippen molar-refractivity contribution in [3.63, 3.8) is 0 Å². The number of carboxylic acid groups (broad SMARTS) is 1. The molecule has 2 aromatic carbocycles. The predicted octanol–water partition coefficient (Wildman–Crippen LogP) is 2.52. The lowest BCUT2D eigenvalue weighted by Gasteiger charge is -2.25. The number of carboxylic acids is 1. The molecule has 0 fully saturated rings. The monoisotopic (exact) mass is 320 g/mol. The molecule has 0 aliphatic heterocycles. The number of aliphatic carboxylic acids is 1. The number of hydrogen-bond donors (Lipinski definition) is 3. The molecule has 0 unspecified atom stereocenters. The summed E-state index contributed by atoms with van der Waals surface area (Å²) in [6.45, 7) is 0. The van der Waals surface area contributed by atoms with Crippen LogP contribution < -0.4 is 5.32 Å². The Labute approximate surface area is 138 Å². The zero-order chi connectivity index (χ0) is 16.7. The molecule has 0 radical (unpaired) electrons. The van der Waals surface area contributed by atoms with E-state index in [1.54, 1.807) is 6.07 Å². The van der Waals surface area contributed by atoms with Crippen molar-refractivity contribution in [2.75, 3.05) is 0 Å². The minimum atomic E-state index is -1.29. The molecule has 1 amide bonds. The van der Waals surface area contributed by atoms with Gasteiger partial charge in [-0.25, -0.2) is 4.79 Å². The summed E-state index contributed by atoms with van der Waals surface area (Å²) in [4.78, 5) is 27.6. The third-order valence-corrected chi connectivity index (χ3v) is 4.64. The molecule has 1 aliphatic rings. The number of aromatic nitrogens is 1. The lowest BCUT2D eigenvalue weighted by Crippen LogP contribution is -2.55. The molecule has 1 aliphatic carbocycles. The zero-order valence-electron chi connectivity index (χ0n) is 12.9. The lowest BCUT2D eigenvalue weighted by molar-refractivity contribution is -0.144. The topological polar surface area (TPSA) is 82.2 Å². The SMILES string of the molecule is O=C(NC1(C(=O)O)Cc2ccccc2C1)c1cc2ccccc2[nH]1. The van der Waals surface area contributed by atoms with E-state index in [9.17, 15) is 14.7 Å². The van der Waals surface area contributed by atoms with Crippen LogP contribution in [0.4, 0.5) is 0 Å². The van der Waals surface area contributed by atoms with Crippen LogP contribution in [-0.2, 0) is 17.6 Å². The van der Waals surface area contributed by atoms with Gasteiger partial charge in [-0.3, -0.25) is 4.79 Å². The highest BCUT2D eigenvalue weighted by Crippen LogP contribution is 2.30. The van der Waals surface area contributed by atoms with Gasteiger partial charge in [0.05, 0.1) is 0 Å². The van der Waals surface area contributed by atoms with E-state index in [0.717, 1.165) is 22.0 Å². The minimum absolute atomic E-state index is 0.296. The number of hydrogen-bond acceptors (Lipinski definition) is 2. The Morgan fingerprint density at radius 1 is 1.00 bits per heavy atom. The Bertz CT molecular complexity index is 900. The van der Waals surface area contributed by atoms with Gasteiger partial charge < -0.3 is 15.4 Å². The van der Waals surface area contributed by atoms with E-state index in [2.05, 4.69) is 10.3 Å². The molecule has 0 saturated heterocycles. The van der Waals surface area contributed by atoms with E-state index in [-0.39, 0.29) is 0 Å². The number of benzene rings is 2. The van der Waals surface area contributed by atoms with Crippen LogP contribution >= 0.6 is 0 Å². The molecule has 0 bridgehead atoms. The molecular weight excluding hydrogens is 304 g/mol. The van der Waals surface area contributed by atoms with Gasteiger partial charge >= 0.3 is 5.97 Å². The molecule has 0 saturated carbocycles. The molecule has 4 rings (SSSR count). The van der Waals surface area contributed by atoms with Crippen LogP contribution in [0.25, 0.3) is 10.9 Å². The van der Waals surface area contributed by atoms with Gasteiger partial charge in [-0.05, 0) is 23.3 Å². The molecule has 0 spiro atoms. The number of amides is 1. The van der Waals surface area contributed by atoms with E-state index in [4.69, 9.17) is 0 Å². The van der Waals surface area contributed by atoms with Crippen LogP contribution in [0, 0.1) is 0 Å². The van der Waals surface area contributed by atoms with Crippen molar-refractivity contribution < 1.29 is 14.7 Å². The van der Waals surface area contributed by atoms with Crippen LogP contribution in [-0.4, -0.2) is 27.5 Å². The Kier molecular flexibility index (Phi) is 3.16. The summed E-state index contributed by atoms with van der Waals surface area (Å²) in [5.74, 6) is -1.41. The number of nitrogens with one attached hydrogen (secondary N) is 2. The highest BCUT2D eigenvalue weighted by molar-refractivity contribution is 6.00. The number of fused-ring (bicyclic) bond motifs is 2. The van der Waals surface area contributed by atoms with E-state index in [1.807, 2.05) is 48.5 Å². The second-order valence-corrected chi connectivity index (χ2v) is 6.23. The van der Waals surface area contributed by atoms with Crippen molar-refractivity contribution in [3.8, 4) is 0 Å². The zero-order valence-corrected chi connectivity index (χ0v) is 12.9. The van der Waals surface area contributed by atoms with Crippen LogP contribution in [0.2, 0.25) is 0 Å². The number of H-pyrrole nitrogens is 1. The van der Waals surface area contributed by atoms with Gasteiger partial charge in [-0.1, -0.05) is 42.5 Å². The van der Waals surface area contributed by atoms with Crippen molar-refractivity contribution in [2.45, 2.75) is 18.4 Å². The molecule has 1 heterocycles. The Morgan fingerprint density at radius 3 is 2.25 bits per heavy atom. The first-order chi connectivity index (χ1) is 11.6. The molecule has 0 atom stereocenters. The second-order valence-electron chi connectivity index (χ2n) is 6.23. The van der Waals surface area contributed by atoms with Crippen LogP contribution in [0.1, 0.15) is 21.6 Å². The number of carbonyl (C=O) groups is 2.